The molecule has 5 heteroatoms. The first kappa shape index (κ1) is 15.9. The average Bonchev–Trinajstić information content (AvgIpc) is 3.08. The summed E-state index contributed by atoms with van der Waals surface area (Å²) in [5, 5.41) is 2.87. The highest BCUT2D eigenvalue weighted by Gasteiger charge is 2.17. The Balaban J connectivity index is 1.66. The van der Waals surface area contributed by atoms with E-state index in [1.807, 2.05) is 48.5 Å². The van der Waals surface area contributed by atoms with E-state index in [1.165, 1.54) is 12.8 Å². The van der Waals surface area contributed by atoms with Crippen molar-refractivity contribution < 1.29 is 9.53 Å². The number of hydrogen-bond acceptors (Lipinski definition) is 3. The molecule has 4 nitrogen and oxygen atoms in total. The lowest BCUT2D eigenvalue weighted by Crippen LogP contribution is -2.21. The van der Waals surface area contributed by atoms with Gasteiger partial charge in [0.15, 0.2) is 0 Å². The highest BCUT2D eigenvalue weighted by molar-refractivity contribution is 9.10. The van der Waals surface area contributed by atoms with Crippen LogP contribution in [0.25, 0.3) is 0 Å². The molecule has 0 spiro atoms. The van der Waals surface area contributed by atoms with Crippen molar-refractivity contribution in [3.05, 3.63) is 58.6 Å². The fourth-order valence-corrected chi connectivity index (χ4v) is 3.07. The molecule has 120 valence electrons. The zero-order chi connectivity index (χ0) is 16.1. The third kappa shape index (κ3) is 4.26. The Morgan fingerprint density at radius 1 is 1.13 bits per heavy atom. The van der Waals surface area contributed by atoms with Gasteiger partial charge in [0, 0.05) is 17.6 Å². The Morgan fingerprint density at radius 2 is 1.87 bits per heavy atom. The van der Waals surface area contributed by atoms with Crippen LogP contribution in [0.3, 0.4) is 0 Å². The maximum atomic E-state index is 12.1. The van der Waals surface area contributed by atoms with Gasteiger partial charge in [-0.1, -0.05) is 46.3 Å². The minimum absolute atomic E-state index is 0.264. The quantitative estimate of drug-likeness (QED) is 0.835. The van der Waals surface area contributed by atoms with Crippen molar-refractivity contribution in [2.75, 3.05) is 23.3 Å². The lowest BCUT2D eigenvalue weighted by molar-refractivity contribution is 0.155. The van der Waals surface area contributed by atoms with Gasteiger partial charge in [0.05, 0.1) is 11.4 Å². The average molecular weight is 375 g/mol. The maximum absolute atomic E-state index is 12.1. The largest absolute Gasteiger partial charge is 0.444 e. The minimum Gasteiger partial charge on any atom is -0.444 e. The summed E-state index contributed by atoms with van der Waals surface area (Å²) in [4.78, 5) is 14.4. The molecular weight excluding hydrogens is 356 g/mol. The molecule has 0 saturated carbocycles. The van der Waals surface area contributed by atoms with E-state index in [2.05, 4.69) is 26.1 Å². The molecule has 0 aromatic heterocycles. The Bertz CT molecular complexity index is 670. The fourth-order valence-electron chi connectivity index (χ4n) is 2.71. The third-order valence-corrected chi connectivity index (χ3v) is 4.35. The van der Waals surface area contributed by atoms with E-state index in [4.69, 9.17) is 4.74 Å². The summed E-state index contributed by atoms with van der Waals surface area (Å²) >= 11 is 3.46. The number of benzene rings is 2. The van der Waals surface area contributed by atoms with Crippen molar-refractivity contribution in [1.82, 2.24) is 0 Å². The molecule has 23 heavy (non-hydrogen) atoms. The lowest BCUT2D eigenvalue weighted by Gasteiger charge is -2.21. The van der Waals surface area contributed by atoms with Gasteiger partial charge in [0.1, 0.15) is 6.61 Å². The summed E-state index contributed by atoms with van der Waals surface area (Å²) in [7, 11) is 0. The number of nitrogens with zero attached hydrogens (tertiary/aromatic N) is 1. The Kier molecular flexibility index (Phi) is 5.18. The molecule has 1 heterocycles. The van der Waals surface area contributed by atoms with Crippen LogP contribution < -0.4 is 10.2 Å². The molecule has 2 aromatic rings. The first-order valence-electron chi connectivity index (χ1n) is 7.74. The number of hydrogen-bond donors (Lipinski definition) is 1. The second-order valence-electron chi connectivity index (χ2n) is 5.54. The molecule has 2 aromatic carbocycles. The Hall–Kier alpha value is -2.01. The van der Waals surface area contributed by atoms with Gasteiger partial charge in [0.25, 0.3) is 0 Å². The van der Waals surface area contributed by atoms with Gasteiger partial charge in [0.2, 0.25) is 0 Å². The van der Waals surface area contributed by atoms with Crippen LogP contribution in [0, 0.1) is 0 Å². The monoisotopic (exact) mass is 374 g/mol. The van der Waals surface area contributed by atoms with Crippen LogP contribution in [0.1, 0.15) is 18.4 Å². The van der Waals surface area contributed by atoms with Crippen molar-refractivity contribution >= 4 is 33.4 Å². The zero-order valence-corrected chi connectivity index (χ0v) is 14.4. The molecule has 1 amide bonds. The van der Waals surface area contributed by atoms with Crippen LogP contribution in [-0.4, -0.2) is 19.2 Å². The van der Waals surface area contributed by atoms with E-state index in [1.54, 1.807) is 0 Å². The molecule has 1 saturated heterocycles. The molecule has 1 aliphatic heterocycles. The van der Waals surface area contributed by atoms with Crippen molar-refractivity contribution in [3.63, 3.8) is 0 Å². The van der Waals surface area contributed by atoms with Gasteiger partial charge >= 0.3 is 6.09 Å². The van der Waals surface area contributed by atoms with Crippen LogP contribution in [0.2, 0.25) is 0 Å². The number of nitrogens with one attached hydrogen (secondary N) is 1. The fraction of sp³-hybridized carbons (Fsp3) is 0.278. The van der Waals surface area contributed by atoms with Crippen molar-refractivity contribution in [3.8, 4) is 0 Å². The van der Waals surface area contributed by atoms with Crippen LogP contribution in [0.5, 0.6) is 0 Å². The molecule has 3 rings (SSSR count). The van der Waals surface area contributed by atoms with Crippen LogP contribution >= 0.6 is 15.9 Å². The van der Waals surface area contributed by atoms with Gasteiger partial charge in [-0.25, -0.2) is 4.79 Å². The molecule has 1 aliphatic rings. The maximum Gasteiger partial charge on any atom is 0.412 e. The summed E-state index contributed by atoms with van der Waals surface area (Å²) < 4.78 is 6.24. The molecule has 1 N–H and O–H groups in total. The number of anilines is 2. The molecule has 0 radical (unpaired) electrons. The number of rotatable bonds is 4. The number of carbonyl (C=O) groups is 1. The van der Waals surface area contributed by atoms with E-state index in [-0.39, 0.29) is 6.61 Å². The second kappa shape index (κ2) is 7.51. The van der Waals surface area contributed by atoms with Gasteiger partial charge in [-0.05, 0) is 36.6 Å². The van der Waals surface area contributed by atoms with E-state index < -0.39 is 6.09 Å². The van der Waals surface area contributed by atoms with Crippen molar-refractivity contribution in [2.24, 2.45) is 0 Å². The Labute approximate surface area is 144 Å². The molecule has 1 fully saturated rings. The van der Waals surface area contributed by atoms with E-state index >= 15 is 0 Å². The zero-order valence-electron chi connectivity index (χ0n) is 12.8. The van der Waals surface area contributed by atoms with Gasteiger partial charge in [-0.15, -0.1) is 0 Å². The lowest BCUT2D eigenvalue weighted by atomic mass is 10.2. The van der Waals surface area contributed by atoms with Gasteiger partial charge in [-0.3, -0.25) is 5.32 Å². The van der Waals surface area contributed by atoms with Gasteiger partial charge in [-0.2, -0.15) is 0 Å². The van der Waals surface area contributed by atoms with Crippen LogP contribution in [0.15, 0.2) is 53.0 Å². The number of carbonyl (C=O) groups excluding carboxylic acids is 1. The smallest absolute Gasteiger partial charge is 0.412 e. The summed E-state index contributed by atoms with van der Waals surface area (Å²) in [6.45, 7) is 2.31. The SMILES string of the molecule is O=C(Nc1cc(Br)ccc1N1CCCC1)OCc1ccccc1. The molecular formula is C18H19BrN2O2. The predicted octanol–water partition coefficient (Wildman–Crippen LogP) is 4.80. The molecule has 0 bridgehead atoms. The minimum atomic E-state index is -0.438. The normalized spacial score (nSPS) is 13.9. The molecule has 0 aliphatic carbocycles. The first-order valence-corrected chi connectivity index (χ1v) is 8.54. The highest BCUT2D eigenvalue weighted by Crippen LogP contribution is 2.31. The second-order valence-corrected chi connectivity index (χ2v) is 6.46. The predicted molar refractivity (Wildman–Crippen MR) is 95.8 cm³/mol. The van der Waals surface area contributed by atoms with Crippen molar-refractivity contribution in [2.45, 2.75) is 19.4 Å². The molecule has 0 atom stereocenters. The summed E-state index contributed by atoms with van der Waals surface area (Å²) in [5.74, 6) is 0. The summed E-state index contributed by atoms with van der Waals surface area (Å²) in [5.41, 5.74) is 2.79. The van der Waals surface area contributed by atoms with E-state index in [0.29, 0.717) is 0 Å². The third-order valence-electron chi connectivity index (χ3n) is 3.85. The van der Waals surface area contributed by atoms with E-state index in [0.717, 1.165) is 34.5 Å². The summed E-state index contributed by atoms with van der Waals surface area (Å²) in [6, 6.07) is 15.6. The topological polar surface area (TPSA) is 41.6 Å². The number of amides is 1. The summed E-state index contributed by atoms with van der Waals surface area (Å²) in [6.07, 6.45) is 1.94. The Morgan fingerprint density at radius 3 is 2.61 bits per heavy atom. The standard InChI is InChI=1S/C18H19BrN2O2/c19-15-8-9-17(21-10-4-5-11-21)16(12-15)20-18(22)23-13-14-6-2-1-3-7-14/h1-3,6-9,12H,4-5,10-11,13H2,(H,20,22). The molecule has 0 unspecified atom stereocenters. The van der Waals surface area contributed by atoms with Gasteiger partial charge < -0.3 is 9.64 Å². The van der Waals surface area contributed by atoms with Crippen LogP contribution in [-0.2, 0) is 11.3 Å². The van der Waals surface area contributed by atoms with Crippen LogP contribution in [0.4, 0.5) is 16.2 Å². The number of ether oxygens (including phenoxy) is 1. The number of halogens is 1. The van der Waals surface area contributed by atoms with Crippen molar-refractivity contribution in [1.29, 1.82) is 0 Å². The highest BCUT2D eigenvalue weighted by atomic mass is 79.9. The first-order chi connectivity index (χ1) is 11.2. The van der Waals surface area contributed by atoms with E-state index in [9.17, 15) is 4.79 Å².